The molecule has 0 saturated carbocycles. The summed E-state index contributed by atoms with van der Waals surface area (Å²) in [6.45, 7) is 2.36. The van der Waals surface area contributed by atoms with Crippen molar-refractivity contribution in [1.82, 2.24) is 19.6 Å². The lowest BCUT2D eigenvalue weighted by Gasteiger charge is -2.26. The lowest BCUT2D eigenvalue weighted by Crippen LogP contribution is -2.39. The predicted octanol–water partition coefficient (Wildman–Crippen LogP) is 1.39. The van der Waals surface area contributed by atoms with Crippen LogP contribution >= 0.6 is 0 Å². The Kier molecular flexibility index (Phi) is 6.62. The zero-order valence-electron chi connectivity index (χ0n) is 19.0. The Labute approximate surface area is 196 Å². The molecule has 178 valence electrons. The number of rotatable bonds is 9. The average molecular weight is 466 g/mol. The number of amides is 1. The van der Waals surface area contributed by atoms with Gasteiger partial charge < -0.3 is 20.3 Å². The zero-order chi connectivity index (χ0) is 24.3. The van der Waals surface area contributed by atoms with Crippen molar-refractivity contribution in [3.63, 3.8) is 0 Å². The Morgan fingerprint density at radius 1 is 1.29 bits per heavy atom. The quantitative estimate of drug-likeness (QED) is 0.407. The normalized spacial score (nSPS) is 18.2. The summed E-state index contributed by atoms with van der Waals surface area (Å²) < 4.78 is 8.21. The largest absolute Gasteiger partial charge is 0.491 e. The number of pyridine rings is 1. The van der Waals surface area contributed by atoms with E-state index in [-0.39, 0.29) is 17.9 Å². The number of allylic oxidation sites excluding steroid dienone is 1. The molecule has 0 unspecified atom stereocenters. The summed E-state index contributed by atoms with van der Waals surface area (Å²) in [6, 6.07) is 8.30. The standard InChI is InChI=1S/C24H27N5O5/c1-16(6-3-4-11-28-15-17(10-13-30)26-27-28)24(33)19-14-18(8-9-20(19)25-23(24)32)29-12-5-7-21(34-2)22(29)31/h3,5-9,12,14-16,30,33H,4,10-11,13H2,1-2H3,(H,25,32)/b6-3+/t16-,24+/m0/s1. The van der Waals surface area contributed by atoms with Gasteiger partial charge in [-0.05, 0) is 36.8 Å². The van der Waals surface area contributed by atoms with Crippen molar-refractivity contribution in [2.75, 3.05) is 19.0 Å². The molecule has 10 heteroatoms. The third kappa shape index (κ3) is 4.25. The third-order valence-electron chi connectivity index (χ3n) is 5.98. The van der Waals surface area contributed by atoms with E-state index in [0.29, 0.717) is 36.3 Å². The van der Waals surface area contributed by atoms with E-state index in [4.69, 9.17) is 9.84 Å². The molecule has 34 heavy (non-hydrogen) atoms. The van der Waals surface area contributed by atoms with Crippen LogP contribution < -0.4 is 15.6 Å². The zero-order valence-corrected chi connectivity index (χ0v) is 19.0. The molecule has 0 spiro atoms. The second kappa shape index (κ2) is 9.62. The molecule has 1 aromatic carbocycles. The lowest BCUT2D eigenvalue weighted by atomic mass is 9.82. The molecule has 1 amide bonds. The van der Waals surface area contributed by atoms with Crippen LogP contribution in [0.25, 0.3) is 5.69 Å². The molecule has 3 aromatic rings. The van der Waals surface area contributed by atoms with Crippen molar-refractivity contribution in [3.8, 4) is 11.4 Å². The molecule has 1 aliphatic rings. The number of fused-ring (bicyclic) bond motifs is 1. The summed E-state index contributed by atoms with van der Waals surface area (Å²) in [6.07, 6.45) is 8.15. The number of aryl methyl sites for hydroxylation is 1. The minimum atomic E-state index is -1.79. The molecule has 2 aromatic heterocycles. The number of hydrogen-bond acceptors (Lipinski definition) is 7. The van der Waals surface area contributed by atoms with Crippen LogP contribution in [0.3, 0.4) is 0 Å². The van der Waals surface area contributed by atoms with Crippen LogP contribution in [0.15, 0.2) is 59.7 Å². The maximum absolute atomic E-state index is 12.8. The van der Waals surface area contributed by atoms with Gasteiger partial charge in [-0.25, -0.2) is 0 Å². The molecule has 0 fully saturated rings. The van der Waals surface area contributed by atoms with Gasteiger partial charge in [0, 0.05) is 54.8 Å². The number of methoxy groups -OCH3 is 1. The Morgan fingerprint density at radius 3 is 2.88 bits per heavy atom. The van der Waals surface area contributed by atoms with Crippen LogP contribution in [0, 0.1) is 5.92 Å². The fourth-order valence-corrected chi connectivity index (χ4v) is 4.05. The highest BCUT2D eigenvalue weighted by molar-refractivity contribution is 6.05. The summed E-state index contributed by atoms with van der Waals surface area (Å²) >= 11 is 0. The van der Waals surface area contributed by atoms with Gasteiger partial charge in [0.2, 0.25) is 0 Å². The number of anilines is 1. The molecule has 3 N–H and O–H groups in total. The molecule has 0 aliphatic carbocycles. The fraction of sp³-hybridized carbons (Fsp3) is 0.333. The molecule has 0 radical (unpaired) electrons. The maximum Gasteiger partial charge on any atom is 0.297 e. The molecule has 1 aliphatic heterocycles. The smallest absolute Gasteiger partial charge is 0.297 e. The Balaban J connectivity index is 1.54. The van der Waals surface area contributed by atoms with Crippen LogP contribution in [0.2, 0.25) is 0 Å². The van der Waals surface area contributed by atoms with Gasteiger partial charge >= 0.3 is 0 Å². The number of carbonyl (C=O) groups excluding carboxylic acids is 1. The van der Waals surface area contributed by atoms with Crippen molar-refractivity contribution in [2.24, 2.45) is 5.92 Å². The number of hydrogen-bond donors (Lipinski definition) is 3. The molecule has 2 atom stereocenters. The number of aromatic nitrogens is 4. The van der Waals surface area contributed by atoms with Crippen LogP contribution in [-0.2, 0) is 23.4 Å². The summed E-state index contributed by atoms with van der Waals surface area (Å²) in [7, 11) is 1.43. The van der Waals surface area contributed by atoms with Crippen molar-refractivity contribution >= 4 is 11.6 Å². The first kappa shape index (κ1) is 23.4. The van der Waals surface area contributed by atoms with E-state index in [1.54, 1.807) is 60.4 Å². The van der Waals surface area contributed by atoms with Gasteiger partial charge in [-0.3, -0.25) is 18.8 Å². The van der Waals surface area contributed by atoms with Crippen LogP contribution in [-0.4, -0.2) is 49.4 Å². The van der Waals surface area contributed by atoms with E-state index in [2.05, 4.69) is 15.6 Å². The van der Waals surface area contributed by atoms with Gasteiger partial charge in [0.25, 0.3) is 11.5 Å². The summed E-state index contributed by atoms with van der Waals surface area (Å²) in [5, 5.41) is 31.2. The Bertz CT molecular complexity index is 1280. The summed E-state index contributed by atoms with van der Waals surface area (Å²) in [5.41, 5.74) is 0.0245. The van der Waals surface area contributed by atoms with Gasteiger partial charge in [0.05, 0.1) is 12.8 Å². The average Bonchev–Trinajstić information content (AvgIpc) is 3.39. The van der Waals surface area contributed by atoms with E-state index in [1.807, 2.05) is 6.08 Å². The number of nitrogens with one attached hydrogen (secondary N) is 1. The van der Waals surface area contributed by atoms with Gasteiger partial charge in [0.1, 0.15) is 0 Å². The minimum absolute atomic E-state index is 0.0202. The van der Waals surface area contributed by atoms with E-state index in [1.165, 1.54) is 11.7 Å². The topological polar surface area (TPSA) is 132 Å². The van der Waals surface area contributed by atoms with Crippen LogP contribution in [0.1, 0.15) is 24.6 Å². The predicted molar refractivity (Wildman–Crippen MR) is 125 cm³/mol. The number of benzene rings is 1. The molecule has 4 rings (SSSR count). The molecule has 0 bridgehead atoms. The molecule has 3 heterocycles. The molecular formula is C24H27N5O5. The number of aliphatic hydroxyl groups excluding tert-OH is 1. The van der Waals surface area contributed by atoms with Crippen molar-refractivity contribution < 1.29 is 19.7 Å². The number of carbonyl (C=O) groups is 1. The SMILES string of the molecule is COc1cccn(-c2ccc3c(c2)[C@](O)([C@@H](C)/C=C/CCn2cc(CCO)nn2)C(=O)N3)c1=O. The number of aliphatic hydroxyl groups is 2. The second-order valence-electron chi connectivity index (χ2n) is 8.15. The summed E-state index contributed by atoms with van der Waals surface area (Å²) in [5.74, 6) is -0.855. The lowest BCUT2D eigenvalue weighted by molar-refractivity contribution is -0.137. The first-order valence-electron chi connectivity index (χ1n) is 11.0. The molecule has 10 nitrogen and oxygen atoms in total. The summed E-state index contributed by atoms with van der Waals surface area (Å²) in [4.78, 5) is 25.4. The van der Waals surface area contributed by atoms with E-state index >= 15 is 0 Å². The molecule has 0 saturated heterocycles. The monoisotopic (exact) mass is 465 g/mol. The number of ether oxygens (including phenoxy) is 1. The fourth-order valence-electron chi connectivity index (χ4n) is 4.05. The van der Waals surface area contributed by atoms with Crippen LogP contribution in [0.4, 0.5) is 5.69 Å². The highest BCUT2D eigenvalue weighted by Crippen LogP contribution is 2.42. The highest BCUT2D eigenvalue weighted by Gasteiger charge is 2.48. The second-order valence-corrected chi connectivity index (χ2v) is 8.15. The first-order valence-corrected chi connectivity index (χ1v) is 11.0. The third-order valence-corrected chi connectivity index (χ3v) is 5.98. The van der Waals surface area contributed by atoms with E-state index < -0.39 is 17.4 Å². The van der Waals surface area contributed by atoms with Crippen LogP contribution in [0.5, 0.6) is 5.75 Å². The van der Waals surface area contributed by atoms with E-state index in [9.17, 15) is 14.7 Å². The molecular weight excluding hydrogens is 438 g/mol. The van der Waals surface area contributed by atoms with Gasteiger partial charge in [-0.1, -0.05) is 24.3 Å². The Morgan fingerprint density at radius 2 is 2.12 bits per heavy atom. The van der Waals surface area contributed by atoms with Crippen molar-refractivity contribution in [1.29, 1.82) is 0 Å². The van der Waals surface area contributed by atoms with Crippen molar-refractivity contribution in [2.45, 2.75) is 31.9 Å². The van der Waals surface area contributed by atoms with Gasteiger partial charge in [0.15, 0.2) is 11.4 Å². The maximum atomic E-state index is 12.8. The highest BCUT2D eigenvalue weighted by atomic mass is 16.5. The van der Waals surface area contributed by atoms with Crippen molar-refractivity contribution in [3.05, 3.63) is 76.5 Å². The van der Waals surface area contributed by atoms with Gasteiger partial charge in [-0.2, -0.15) is 0 Å². The minimum Gasteiger partial charge on any atom is -0.491 e. The number of nitrogens with zero attached hydrogens (tertiary/aromatic N) is 4. The Hall–Kier alpha value is -3.76. The van der Waals surface area contributed by atoms with Gasteiger partial charge in [-0.15, -0.1) is 5.10 Å². The first-order chi connectivity index (χ1) is 16.4. The van der Waals surface area contributed by atoms with E-state index in [0.717, 1.165) is 5.69 Å².